The highest BCUT2D eigenvalue weighted by atomic mass is 19.1. The van der Waals surface area contributed by atoms with Gasteiger partial charge in [0.25, 0.3) is 0 Å². The highest BCUT2D eigenvalue weighted by molar-refractivity contribution is 5.63. The molecule has 0 saturated carbocycles. The first-order valence-corrected chi connectivity index (χ1v) is 6.37. The number of allylic oxidation sites excluding steroid dienone is 1. The number of benzene rings is 2. The summed E-state index contributed by atoms with van der Waals surface area (Å²) >= 11 is 0. The van der Waals surface area contributed by atoms with Crippen molar-refractivity contribution in [2.45, 2.75) is 6.42 Å². The lowest BCUT2D eigenvalue weighted by atomic mass is 10.0. The third-order valence-electron chi connectivity index (χ3n) is 3.26. The van der Waals surface area contributed by atoms with Crippen molar-refractivity contribution in [3.05, 3.63) is 71.9 Å². The van der Waals surface area contributed by atoms with Crippen molar-refractivity contribution < 1.29 is 8.78 Å². The van der Waals surface area contributed by atoms with Gasteiger partial charge in [-0.05, 0) is 34.9 Å². The summed E-state index contributed by atoms with van der Waals surface area (Å²) in [7, 11) is 3.76. The predicted octanol–water partition coefficient (Wildman–Crippen LogP) is 4.25. The van der Waals surface area contributed by atoms with Crippen LogP contribution >= 0.6 is 0 Å². The standard InChI is InChI=1S/C17H17F2N/c1-12(20(2)3)10-15-5-4-14(11-17(15)19)13-6-8-16(18)9-7-13/h4-9,11H,1,10H2,2-3H3. The minimum Gasteiger partial charge on any atom is -0.381 e. The van der Waals surface area contributed by atoms with E-state index < -0.39 is 0 Å². The van der Waals surface area contributed by atoms with Crippen molar-refractivity contribution in [1.29, 1.82) is 0 Å². The molecule has 2 rings (SSSR count). The molecule has 0 aromatic heterocycles. The van der Waals surface area contributed by atoms with Crippen molar-refractivity contribution in [3.8, 4) is 11.1 Å². The molecule has 0 bridgehead atoms. The molecule has 1 nitrogen and oxygen atoms in total. The van der Waals surface area contributed by atoms with Gasteiger partial charge in [-0.2, -0.15) is 0 Å². The number of likely N-dealkylation sites (N-methyl/N-ethyl adjacent to an activating group) is 1. The number of hydrogen-bond acceptors (Lipinski definition) is 1. The maximum Gasteiger partial charge on any atom is 0.127 e. The van der Waals surface area contributed by atoms with Gasteiger partial charge in [-0.3, -0.25) is 0 Å². The van der Waals surface area contributed by atoms with Crippen LogP contribution in [-0.4, -0.2) is 19.0 Å². The molecule has 0 radical (unpaired) electrons. The molecule has 3 heteroatoms. The SMILES string of the molecule is C=C(Cc1ccc(-c2ccc(F)cc2)cc1F)N(C)C. The Morgan fingerprint density at radius 3 is 2.15 bits per heavy atom. The summed E-state index contributed by atoms with van der Waals surface area (Å²) in [6.45, 7) is 3.90. The zero-order chi connectivity index (χ0) is 14.7. The third-order valence-corrected chi connectivity index (χ3v) is 3.26. The summed E-state index contributed by atoms with van der Waals surface area (Å²) in [6.07, 6.45) is 0.475. The molecule has 0 heterocycles. The topological polar surface area (TPSA) is 3.24 Å². The van der Waals surface area contributed by atoms with Crippen molar-refractivity contribution in [2.24, 2.45) is 0 Å². The Balaban J connectivity index is 2.25. The quantitative estimate of drug-likeness (QED) is 0.805. The summed E-state index contributed by atoms with van der Waals surface area (Å²) in [5.74, 6) is -0.567. The summed E-state index contributed by atoms with van der Waals surface area (Å²) in [4.78, 5) is 1.87. The minimum atomic E-state index is -0.298. The Labute approximate surface area is 118 Å². The fraction of sp³-hybridized carbons (Fsp3) is 0.176. The molecule has 0 N–H and O–H groups in total. The van der Waals surface area contributed by atoms with Crippen molar-refractivity contribution in [2.75, 3.05) is 14.1 Å². The molecule has 104 valence electrons. The minimum absolute atomic E-state index is 0.269. The second-order valence-electron chi connectivity index (χ2n) is 4.95. The van der Waals surface area contributed by atoms with Gasteiger partial charge in [0.2, 0.25) is 0 Å². The number of rotatable bonds is 4. The molecule has 0 amide bonds. The zero-order valence-electron chi connectivity index (χ0n) is 11.7. The molecule has 0 atom stereocenters. The Kier molecular flexibility index (Phi) is 4.18. The molecule has 2 aromatic carbocycles. The van der Waals surface area contributed by atoms with Crippen molar-refractivity contribution >= 4 is 0 Å². The second-order valence-corrected chi connectivity index (χ2v) is 4.95. The molecular weight excluding hydrogens is 256 g/mol. The van der Waals surface area contributed by atoms with E-state index in [-0.39, 0.29) is 11.6 Å². The van der Waals surface area contributed by atoms with E-state index in [1.54, 1.807) is 18.2 Å². The van der Waals surface area contributed by atoms with Gasteiger partial charge in [-0.25, -0.2) is 8.78 Å². The number of halogens is 2. The second kappa shape index (κ2) is 5.87. The van der Waals surface area contributed by atoms with Crippen LogP contribution in [0.25, 0.3) is 11.1 Å². The van der Waals surface area contributed by atoms with E-state index in [0.717, 1.165) is 16.8 Å². The first kappa shape index (κ1) is 14.3. The molecule has 20 heavy (non-hydrogen) atoms. The Hall–Kier alpha value is -2.16. The number of nitrogens with zero attached hydrogens (tertiary/aromatic N) is 1. The van der Waals surface area contributed by atoms with Gasteiger partial charge in [0.15, 0.2) is 0 Å². The van der Waals surface area contributed by atoms with Crippen LogP contribution in [0.1, 0.15) is 5.56 Å². The molecule has 0 aliphatic rings. The van der Waals surface area contributed by atoms with Crippen molar-refractivity contribution in [1.82, 2.24) is 4.90 Å². The largest absolute Gasteiger partial charge is 0.381 e. The molecule has 0 aliphatic carbocycles. The smallest absolute Gasteiger partial charge is 0.127 e. The van der Waals surface area contributed by atoms with Gasteiger partial charge < -0.3 is 4.90 Å². The van der Waals surface area contributed by atoms with Crippen LogP contribution in [0.2, 0.25) is 0 Å². The molecule has 0 unspecified atom stereocenters. The van der Waals surface area contributed by atoms with E-state index in [0.29, 0.717) is 12.0 Å². The van der Waals surface area contributed by atoms with Crippen LogP contribution in [0.5, 0.6) is 0 Å². The van der Waals surface area contributed by atoms with Crippen LogP contribution in [0.3, 0.4) is 0 Å². The van der Waals surface area contributed by atoms with Gasteiger partial charge in [0.05, 0.1) is 0 Å². The fourth-order valence-electron chi connectivity index (χ4n) is 1.89. The van der Waals surface area contributed by atoms with Gasteiger partial charge >= 0.3 is 0 Å². The first-order chi connectivity index (χ1) is 9.47. The lowest BCUT2D eigenvalue weighted by molar-refractivity contribution is 0.496. The Morgan fingerprint density at radius 2 is 1.60 bits per heavy atom. The van der Waals surface area contributed by atoms with Gasteiger partial charge in [-0.1, -0.05) is 30.8 Å². The summed E-state index contributed by atoms with van der Waals surface area (Å²) in [6, 6.07) is 11.1. The summed E-state index contributed by atoms with van der Waals surface area (Å²) in [5, 5.41) is 0. The highest BCUT2D eigenvalue weighted by Crippen LogP contribution is 2.23. The van der Waals surface area contributed by atoms with Gasteiger partial charge in [0.1, 0.15) is 11.6 Å². The maximum absolute atomic E-state index is 14.1. The molecule has 0 saturated heterocycles. The molecule has 0 fully saturated rings. The first-order valence-electron chi connectivity index (χ1n) is 6.37. The molecule has 2 aromatic rings. The number of hydrogen-bond donors (Lipinski definition) is 0. The van der Waals surface area contributed by atoms with E-state index >= 15 is 0 Å². The zero-order valence-corrected chi connectivity index (χ0v) is 11.7. The van der Waals surface area contributed by atoms with Crippen LogP contribution in [-0.2, 0) is 6.42 Å². The van der Waals surface area contributed by atoms with E-state index in [2.05, 4.69) is 6.58 Å². The van der Waals surface area contributed by atoms with E-state index in [4.69, 9.17) is 0 Å². The van der Waals surface area contributed by atoms with Crippen LogP contribution in [0.4, 0.5) is 8.78 Å². The van der Waals surface area contributed by atoms with Crippen LogP contribution < -0.4 is 0 Å². The van der Waals surface area contributed by atoms with Crippen molar-refractivity contribution in [3.63, 3.8) is 0 Å². The average molecular weight is 273 g/mol. The lowest BCUT2D eigenvalue weighted by Gasteiger charge is -2.16. The van der Waals surface area contributed by atoms with E-state index in [9.17, 15) is 8.78 Å². The van der Waals surface area contributed by atoms with Crippen LogP contribution in [0.15, 0.2) is 54.7 Å². The summed E-state index contributed by atoms with van der Waals surface area (Å²) < 4.78 is 27.0. The van der Waals surface area contributed by atoms with Gasteiger partial charge in [0, 0.05) is 26.2 Å². The molecular formula is C17H17F2N. The normalized spacial score (nSPS) is 10.4. The highest BCUT2D eigenvalue weighted by Gasteiger charge is 2.07. The average Bonchev–Trinajstić information content (AvgIpc) is 2.41. The fourth-order valence-corrected chi connectivity index (χ4v) is 1.89. The maximum atomic E-state index is 14.1. The predicted molar refractivity (Wildman–Crippen MR) is 78.3 cm³/mol. The monoisotopic (exact) mass is 273 g/mol. The molecule has 0 aliphatic heterocycles. The Bertz CT molecular complexity index is 615. The van der Waals surface area contributed by atoms with Gasteiger partial charge in [-0.15, -0.1) is 0 Å². The third kappa shape index (κ3) is 3.23. The molecule has 0 spiro atoms. The van der Waals surface area contributed by atoms with E-state index in [1.807, 2.05) is 25.1 Å². The Morgan fingerprint density at radius 1 is 1.00 bits per heavy atom. The van der Waals surface area contributed by atoms with E-state index in [1.165, 1.54) is 18.2 Å². The summed E-state index contributed by atoms with van der Waals surface area (Å²) in [5.41, 5.74) is 2.98. The van der Waals surface area contributed by atoms with Crippen LogP contribution in [0, 0.1) is 11.6 Å². The lowest BCUT2D eigenvalue weighted by Crippen LogP contribution is -2.12.